The van der Waals surface area contributed by atoms with E-state index in [4.69, 9.17) is 9.15 Å². The molecular weight excluding hydrogens is 310 g/mol. The van der Waals surface area contributed by atoms with E-state index in [0.717, 1.165) is 41.2 Å². The van der Waals surface area contributed by atoms with Gasteiger partial charge in [0.05, 0.1) is 12.5 Å². The fraction of sp³-hybridized carbons (Fsp3) is 0.273. The van der Waals surface area contributed by atoms with Crippen LogP contribution in [-0.4, -0.2) is 31.1 Å². The molecule has 0 radical (unpaired) electrons. The predicted octanol–water partition coefficient (Wildman–Crippen LogP) is 5.09. The van der Waals surface area contributed by atoms with Gasteiger partial charge in [-0.3, -0.25) is 4.90 Å². The maximum Gasteiger partial charge on any atom is 0.127 e. The molecule has 0 unspecified atom stereocenters. The molecule has 1 aliphatic heterocycles. The van der Waals surface area contributed by atoms with Crippen molar-refractivity contribution in [1.82, 2.24) is 4.90 Å². The van der Waals surface area contributed by atoms with Crippen molar-refractivity contribution in [3.63, 3.8) is 0 Å². The lowest BCUT2D eigenvalue weighted by molar-refractivity contribution is 0.238. The van der Waals surface area contributed by atoms with E-state index in [1.807, 2.05) is 48.9 Å². The number of nitrogens with zero attached hydrogens (tertiary/aromatic N) is 1. The number of furan rings is 1. The van der Waals surface area contributed by atoms with Crippen molar-refractivity contribution in [3.8, 4) is 28.0 Å². The van der Waals surface area contributed by atoms with E-state index in [0.29, 0.717) is 0 Å². The highest BCUT2D eigenvalue weighted by atomic mass is 16.5. The molecular formula is C22H23NO2. The Morgan fingerprint density at radius 3 is 2.36 bits per heavy atom. The summed E-state index contributed by atoms with van der Waals surface area (Å²) in [5.74, 6) is 0.917. The van der Waals surface area contributed by atoms with Gasteiger partial charge in [-0.2, -0.15) is 0 Å². The van der Waals surface area contributed by atoms with Crippen molar-refractivity contribution in [2.24, 2.45) is 0 Å². The topological polar surface area (TPSA) is 25.6 Å². The molecule has 0 N–H and O–H groups in total. The highest BCUT2D eigenvalue weighted by Crippen LogP contribution is 2.38. The zero-order valence-electron chi connectivity index (χ0n) is 14.4. The Bertz CT molecular complexity index is 804. The summed E-state index contributed by atoms with van der Waals surface area (Å²) in [5.41, 5.74) is 4.40. The highest BCUT2D eigenvalue weighted by Gasteiger charge is 2.15. The van der Waals surface area contributed by atoms with E-state index in [-0.39, 0.29) is 0 Å². The summed E-state index contributed by atoms with van der Waals surface area (Å²) in [6, 6.07) is 18.5. The number of para-hydroxylation sites is 1. The van der Waals surface area contributed by atoms with Crippen molar-refractivity contribution < 1.29 is 9.15 Å². The summed E-state index contributed by atoms with van der Waals surface area (Å²) in [4.78, 5) is 2.47. The molecule has 0 aliphatic carbocycles. The standard InChI is InChI=1S/C22H23NO2/c1-2-8-18(9-3-1)20-16-24-17-21(20)19-10-4-5-11-22(19)25-15-14-23-12-6-7-13-23/h1-5,8-11,16-17H,6-7,12-15H2. The molecule has 1 aromatic heterocycles. The summed E-state index contributed by atoms with van der Waals surface area (Å²) in [7, 11) is 0. The van der Waals surface area contributed by atoms with E-state index >= 15 is 0 Å². The Balaban J connectivity index is 1.56. The number of hydrogen-bond acceptors (Lipinski definition) is 3. The lowest BCUT2D eigenvalue weighted by Gasteiger charge is -2.16. The first-order valence-corrected chi connectivity index (χ1v) is 8.98. The highest BCUT2D eigenvalue weighted by molar-refractivity contribution is 5.85. The third-order valence-electron chi connectivity index (χ3n) is 4.79. The van der Waals surface area contributed by atoms with Gasteiger partial charge in [-0.15, -0.1) is 0 Å². The van der Waals surface area contributed by atoms with Gasteiger partial charge in [0.25, 0.3) is 0 Å². The Morgan fingerprint density at radius 2 is 1.52 bits per heavy atom. The second kappa shape index (κ2) is 7.58. The lowest BCUT2D eigenvalue weighted by atomic mass is 9.98. The van der Waals surface area contributed by atoms with Crippen LogP contribution >= 0.6 is 0 Å². The van der Waals surface area contributed by atoms with Gasteiger partial charge in [-0.25, -0.2) is 0 Å². The van der Waals surface area contributed by atoms with Crippen LogP contribution in [0, 0.1) is 0 Å². The smallest absolute Gasteiger partial charge is 0.127 e. The zero-order valence-corrected chi connectivity index (χ0v) is 14.4. The average Bonchev–Trinajstić information content (AvgIpc) is 3.35. The Morgan fingerprint density at radius 1 is 0.800 bits per heavy atom. The summed E-state index contributed by atoms with van der Waals surface area (Å²) in [5, 5.41) is 0. The van der Waals surface area contributed by atoms with E-state index in [9.17, 15) is 0 Å². The van der Waals surface area contributed by atoms with Gasteiger partial charge in [-0.05, 0) is 37.6 Å². The molecule has 0 saturated carbocycles. The maximum atomic E-state index is 6.13. The summed E-state index contributed by atoms with van der Waals surface area (Å²) in [6.45, 7) is 4.11. The quantitative estimate of drug-likeness (QED) is 0.628. The van der Waals surface area contributed by atoms with Crippen molar-refractivity contribution in [1.29, 1.82) is 0 Å². The number of ether oxygens (including phenoxy) is 1. The predicted molar refractivity (Wildman–Crippen MR) is 101 cm³/mol. The normalized spacial score (nSPS) is 14.7. The van der Waals surface area contributed by atoms with Gasteiger partial charge >= 0.3 is 0 Å². The monoisotopic (exact) mass is 333 g/mol. The van der Waals surface area contributed by atoms with Gasteiger partial charge < -0.3 is 9.15 Å². The number of rotatable bonds is 6. The second-order valence-electron chi connectivity index (χ2n) is 6.46. The molecule has 0 amide bonds. The minimum Gasteiger partial charge on any atom is -0.492 e. The van der Waals surface area contributed by atoms with Crippen LogP contribution in [0.1, 0.15) is 12.8 Å². The van der Waals surface area contributed by atoms with Crippen LogP contribution in [-0.2, 0) is 0 Å². The van der Waals surface area contributed by atoms with Crippen LogP contribution in [0.3, 0.4) is 0 Å². The third kappa shape index (κ3) is 3.62. The van der Waals surface area contributed by atoms with Gasteiger partial charge in [0, 0.05) is 23.2 Å². The summed E-state index contributed by atoms with van der Waals surface area (Å²) >= 11 is 0. The van der Waals surface area contributed by atoms with E-state index in [2.05, 4.69) is 23.1 Å². The molecule has 25 heavy (non-hydrogen) atoms. The SMILES string of the molecule is c1ccc(-c2cocc2-c2ccccc2OCCN2CCCC2)cc1. The van der Waals surface area contributed by atoms with Crippen molar-refractivity contribution in [2.75, 3.05) is 26.2 Å². The first kappa shape index (κ1) is 16.0. The molecule has 1 fully saturated rings. The molecule has 0 atom stereocenters. The van der Waals surface area contributed by atoms with Crippen LogP contribution in [0.4, 0.5) is 0 Å². The van der Waals surface area contributed by atoms with Crippen LogP contribution in [0.5, 0.6) is 5.75 Å². The van der Waals surface area contributed by atoms with Gasteiger partial charge in [0.2, 0.25) is 0 Å². The number of benzene rings is 2. The third-order valence-corrected chi connectivity index (χ3v) is 4.79. The van der Waals surface area contributed by atoms with Gasteiger partial charge in [-0.1, -0.05) is 48.5 Å². The molecule has 3 nitrogen and oxygen atoms in total. The van der Waals surface area contributed by atoms with Crippen LogP contribution in [0.25, 0.3) is 22.3 Å². The fourth-order valence-electron chi connectivity index (χ4n) is 3.45. The van der Waals surface area contributed by atoms with Crippen molar-refractivity contribution in [3.05, 3.63) is 67.1 Å². The molecule has 0 bridgehead atoms. The number of hydrogen-bond donors (Lipinski definition) is 0. The average molecular weight is 333 g/mol. The Hall–Kier alpha value is -2.52. The number of likely N-dealkylation sites (tertiary alicyclic amines) is 1. The van der Waals surface area contributed by atoms with Crippen molar-refractivity contribution >= 4 is 0 Å². The molecule has 0 spiro atoms. The largest absolute Gasteiger partial charge is 0.492 e. The maximum absolute atomic E-state index is 6.13. The zero-order chi connectivity index (χ0) is 16.9. The summed E-state index contributed by atoms with van der Waals surface area (Å²) < 4.78 is 11.7. The van der Waals surface area contributed by atoms with Gasteiger partial charge in [0.1, 0.15) is 12.4 Å². The van der Waals surface area contributed by atoms with E-state index in [1.54, 1.807) is 0 Å². The molecule has 4 rings (SSSR count). The molecule has 3 heteroatoms. The van der Waals surface area contributed by atoms with Crippen molar-refractivity contribution in [2.45, 2.75) is 12.8 Å². The lowest BCUT2D eigenvalue weighted by Crippen LogP contribution is -2.25. The molecule has 128 valence electrons. The Labute approximate surface area is 148 Å². The van der Waals surface area contributed by atoms with E-state index in [1.165, 1.54) is 25.9 Å². The van der Waals surface area contributed by atoms with Crippen LogP contribution in [0.15, 0.2) is 71.5 Å². The molecule has 1 saturated heterocycles. The van der Waals surface area contributed by atoms with Gasteiger partial charge in [0.15, 0.2) is 0 Å². The first-order chi connectivity index (χ1) is 12.4. The minimum absolute atomic E-state index is 0.718. The molecule has 3 aromatic rings. The Kier molecular flexibility index (Phi) is 4.84. The molecule has 1 aliphatic rings. The second-order valence-corrected chi connectivity index (χ2v) is 6.46. The van der Waals surface area contributed by atoms with Crippen LogP contribution < -0.4 is 4.74 Å². The fourth-order valence-corrected chi connectivity index (χ4v) is 3.45. The molecule has 2 heterocycles. The molecule has 2 aromatic carbocycles. The van der Waals surface area contributed by atoms with E-state index < -0.39 is 0 Å². The van der Waals surface area contributed by atoms with Crippen LogP contribution in [0.2, 0.25) is 0 Å². The minimum atomic E-state index is 0.718. The first-order valence-electron chi connectivity index (χ1n) is 8.98. The summed E-state index contributed by atoms with van der Waals surface area (Å²) in [6.07, 6.45) is 6.24.